The van der Waals surface area contributed by atoms with Gasteiger partial charge in [-0.25, -0.2) is 0 Å². The van der Waals surface area contributed by atoms with E-state index in [0.717, 1.165) is 0 Å². The van der Waals surface area contributed by atoms with Gasteiger partial charge in [0.15, 0.2) is 0 Å². The average molecular weight is 732 g/mol. The van der Waals surface area contributed by atoms with Gasteiger partial charge in [0.1, 0.15) is 5.60 Å². The Morgan fingerprint density at radius 1 is 0.931 bits per heavy atom. The third-order valence-electron chi connectivity index (χ3n) is 1.25. The molecule has 0 saturated heterocycles. The van der Waals surface area contributed by atoms with Crippen molar-refractivity contribution >= 4 is 97.2 Å². The first-order valence-electron chi connectivity index (χ1n) is 4.55. The largest absolute Gasteiger partial charge is 1.00 e. The molecule has 0 aliphatic rings. The predicted molar refractivity (Wildman–Crippen MR) is 77.3 cm³/mol. The van der Waals surface area contributed by atoms with Crippen LogP contribution in [-0.4, -0.2) is 37.9 Å². The minimum Gasteiger partial charge on any atom is 1.00 e. The standard InChI is InChI=1S/C6H8O7.7ClH.Co.Fe.3Na.O2Si.V/c7-3(8)1-6(13,5(11)12)2-4(9)10;;;;;;;;;;;;;1-3-2;/h13H,1-2H2,(H,7,8)(H,9,10)(H,11,12);7*1H;;;;;;;/q;;;;;;;;2*+2;3*+1;;+3/p-10. The van der Waals surface area contributed by atoms with Crippen molar-refractivity contribution in [3.63, 3.8) is 0 Å². The Kier molecular flexibility index (Phi) is 80.9. The monoisotopic (exact) mass is 729 g/mol. The SMILES string of the molecule is O=C([O-])CC(O)(CC(=O)[O-])C(=O)[O-].O=[Si]=O.[Cl][Co][Cl].[Cl][Fe][Cl].[Cl][V]([Cl])[Cl].[Na+].[Na+].[Na+]. The summed E-state index contributed by atoms with van der Waals surface area (Å²) in [6.07, 6.45) is -2.72. The van der Waals surface area contributed by atoms with Crippen molar-refractivity contribution in [1.82, 2.24) is 0 Å². The third kappa shape index (κ3) is 71.9. The first-order chi connectivity index (χ1) is 11.8. The molecule has 0 rings (SSSR count). The molecule has 29 heavy (non-hydrogen) atoms. The minimum atomic E-state index is -2.97. The number of hydrogen-bond acceptors (Lipinski definition) is 9. The number of carbonyl (C=O) groups is 3. The maximum absolute atomic E-state index is 10.1. The number of carbonyl (C=O) groups excluding carboxylic acids is 3. The molecule has 9 nitrogen and oxygen atoms in total. The Bertz CT molecular complexity index is 411. The summed E-state index contributed by atoms with van der Waals surface area (Å²) in [5.74, 6) is -5.98. The Morgan fingerprint density at radius 3 is 1.14 bits per heavy atom. The van der Waals surface area contributed by atoms with Crippen LogP contribution in [0.3, 0.4) is 0 Å². The molecule has 0 aromatic heterocycles. The molecule has 161 valence electrons. The average Bonchev–Trinajstić information content (AvgIpc) is 2.38. The number of carboxylic acids is 3. The van der Waals surface area contributed by atoms with E-state index in [1.165, 1.54) is 0 Å². The van der Waals surface area contributed by atoms with Crippen LogP contribution in [0.2, 0.25) is 0 Å². The zero-order chi connectivity index (χ0) is 22.3. The molecule has 0 heterocycles. The summed E-state index contributed by atoms with van der Waals surface area (Å²) in [6.45, 7) is 0. The predicted octanol–water partition coefficient (Wildman–Crippen LogP) is -10.0. The van der Waals surface area contributed by atoms with Crippen molar-refractivity contribution in [2.24, 2.45) is 0 Å². The molecule has 0 aliphatic heterocycles. The molecule has 0 radical (unpaired) electrons. The molecule has 0 aromatic carbocycles. The van der Waals surface area contributed by atoms with E-state index >= 15 is 0 Å². The molecule has 1 N–H and O–H groups in total. The molecule has 0 spiro atoms. The fourth-order valence-corrected chi connectivity index (χ4v) is 0.684. The van der Waals surface area contributed by atoms with Crippen molar-refractivity contribution in [2.45, 2.75) is 18.4 Å². The third-order valence-corrected chi connectivity index (χ3v) is 1.25. The fraction of sp³-hybridized carbons (Fsp3) is 0.500. The topological polar surface area (TPSA) is 175 Å². The zero-order valence-electron chi connectivity index (χ0n) is 14.4. The van der Waals surface area contributed by atoms with Gasteiger partial charge in [-0.2, -0.15) is 0 Å². The van der Waals surface area contributed by atoms with Crippen LogP contribution in [-0.2, 0) is 61.6 Å². The number of aliphatic carboxylic acids is 3. The molecule has 0 bridgehead atoms. The van der Waals surface area contributed by atoms with E-state index in [4.69, 9.17) is 84.1 Å². The Morgan fingerprint density at radius 2 is 1.07 bits per heavy atom. The molecule has 0 aliphatic carbocycles. The second kappa shape index (κ2) is 42.9. The van der Waals surface area contributed by atoms with Gasteiger partial charge < -0.3 is 34.8 Å². The van der Waals surface area contributed by atoms with Crippen molar-refractivity contribution in [3.8, 4) is 0 Å². The molecule has 0 saturated carbocycles. The van der Waals surface area contributed by atoms with Crippen molar-refractivity contribution in [2.75, 3.05) is 0 Å². The summed E-state index contributed by atoms with van der Waals surface area (Å²) in [5.41, 5.74) is -2.97. The first-order valence-corrected chi connectivity index (χ1v) is 17.0. The zero-order valence-corrected chi connectivity index (χ0v) is 30.2. The molecular weight excluding hydrogens is 727 g/mol. The van der Waals surface area contributed by atoms with E-state index in [1.807, 2.05) is 0 Å². The van der Waals surface area contributed by atoms with Crippen LogP contribution in [0.15, 0.2) is 0 Å². The second-order valence-corrected chi connectivity index (χ2v) is 13.4. The van der Waals surface area contributed by atoms with Crippen LogP contribution in [0.4, 0.5) is 0 Å². The van der Waals surface area contributed by atoms with E-state index in [0.29, 0.717) is 12.9 Å². The van der Waals surface area contributed by atoms with E-state index in [9.17, 15) is 29.7 Å². The molecular formula is C6H5Cl7CoFeNa3O9SiV. The maximum Gasteiger partial charge on any atom is 1.00 e. The van der Waals surface area contributed by atoms with E-state index in [2.05, 4.69) is 0 Å². The van der Waals surface area contributed by atoms with Crippen LogP contribution in [0.1, 0.15) is 12.8 Å². The van der Waals surface area contributed by atoms with Crippen molar-refractivity contribution < 1.29 is 171 Å². The summed E-state index contributed by atoms with van der Waals surface area (Å²) in [7, 11) is 32.4. The number of carboxylic acid groups (broad SMARTS) is 3. The molecule has 0 aromatic rings. The van der Waals surface area contributed by atoms with E-state index in [1.54, 1.807) is 0 Å². The fourth-order valence-electron chi connectivity index (χ4n) is 0.684. The minimum absolute atomic E-state index is 0. The second-order valence-electron chi connectivity index (χ2n) is 2.79. The van der Waals surface area contributed by atoms with Gasteiger partial charge in [0.25, 0.3) is 0 Å². The first kappa shape index (κ1) is 54.6. The normalized spacial score (nSPS) is 7.90. The van der Waals surface area contributed by atoms with Crippen LogP contribution < -0.4 is 104 Å². The summed E-state index contributed by atoms with van der Waals surface area (Å²) in [6, 6.07) is 0. The van der Waals surface area contributed by atoms with Gasteiger partial charge in [-0.05, 0) is 0 Å². The number of rotatable bonds is 5. The Balaban J connectivity index is -0.0000000385. The smallest absolute Gasteiger partial charge is 1.00 e. The molecule has 0 atom stereocenters. The van der Waals surface area contributed by atoms with Gasteiger partial charge in [-0.1, -0.05) is 0 Å². The van der Waals surface area contributed by atoms with Gasteiger partial charge in [-0.15, -0.1) is 0 Å². The van der Waals surface area contributed by atoms with Gasteiger partial charge in [0, 0.05) is 24.8 Å². The van der Waals surface area contributed by atoms with Gasteiger partial charge in [0.05, 0.1) is 5.97 Å². The summed E-state index contributed by atoms with van der Waals surface area (Å²) in [4.78, 5) is 30.0. The summed E-state index contributed by atoms with van der Waals surface area (Å²) >= 11 is -1.19. The number of aliphatic hydroxyl groups is 1. The van der Waals surface area contributed by atoms with E-state index < -0.39 is 57.9 Å². The molecule has 23 heteroatoms. The summed E-state index contributed by atoms with van der Waals surface area (Å²) in [5, 5.41) is 38.9. The number of hydrogen-bond donors (Lipinski definition) is 1. The molecule has 0 fully saturated rings. The quantitative estimate of drug-likeness (QED) is 0.270. The van der Waals surface area contributed by atoms with Crippen molar-refractivity contribution in [1.29, 1.82) is 0 Å². The van der Waals surface area contributed by atoms with Crippen molar-refractivity contribution in [3.05, 3.63) is 0 Å². The van der Waals surface area contributed by atoms with Gasteiger partial charge in [-0.3, -0.25) is 8.92 Å². The Hall–Kier alpha value is 4.83. The summed E-state index contributed by atoms with van der Waals surface area (Å²) < 4.78 is 16.8. The van der Waals surface area contributed by atoms with Gasteiger partial charge >= 0.3 is 206 Å². The molecule has 0 amide bonds. The maximum atomic E-state index is 10.1. The van der Waals surface area contributed by atoms with Crippen LogP contribution in [0, 0.1) is 0 Å². The molecule has 0 unspecified atom stereocenters. The van der Waals surface area contributed by atoms with Gasteiger partial charge in [0.2, 0.25) is 0 Å². The number of halogens is 7. The Labute approximate surface area is 281 Å². The van der Waals surface area contributed by atoms with Crippen LogP contribution in [0.25, 0.3) is 0 Å². The van der Waals surface area contributed by atoms with Crippen LogP contribution >= 0.6 is 70.0 Å². The van der Waals surface area contributed by atoms with Crippen LogP contribution in [0.5, 0.6) is 0 Å². The van der Waals surface area contributed by atoms with E-state index in [-0.39, 0.29) is 102 Å².